The molecule has 0 radical (unpaired) electrons. The number of nitrogen functional groups attached to an aromatic ring is 1. The molecule has 206 valence electrons. The Labute approximate surface area is 231 Å². The lowest BCUT2D eigenvalue weighted by Crippen LogP contribution is -2.44. The van der Waals surface area contributed by atoms with Crippen molar-refractivity contribution in [3.05, 3.63) is 35.1 Å². The van der Waals surface area contributed by atoms with Crippen molar-refractivity contribution in [1.82, 2.24) is 25.2 Å². The van der Waals surface area contributed by atoms with Crippen LogP contribution in [0.15, 0.2) is 24.3 Å². The predicted molar refractivity (Wildman–Crippen MR) is 149 cm³/mol. The summed E-state index contributed by atoms with van der Waals surface area (Å²) in [6.45, 7) is 3.23. The Hall–Kier alpha value is -2.93. The Bertz CT molecular complexity index is 1510. The summed E-state index contributed by atoms with van der Waals surface area (Å²) in [5.41, 5.74) is 7.26. The van der Waals surface area contributed by atoms with E-state index in [9.17, 15) is 8.78 Å². The van der Waals surface area contributed by atoms with Crippen LogP contribution in [0.4, 0.5) is 24.1 Å². The molecule has 2 aliphatic rings. The van der Waals surface area contributed by atoms with Crippen LogP contribution < -0.4 is 20.7 Å². The van der Waals surface area contributed by atoms with Gasteiger partial charge in [0.05, 0.1) is 21.8 Å². The van der Waals surface area contributed by atoms with Crippen LogP contribution in [0.2, 0.25) is 5.02 Å². The van der Waals surface area contributed by atoms with E-state index in [2.05, 4.69) is 20.3 Å². The molecule has 1 unspecified atom stereocenters. The van der Waals surface area contributed by atoms with Gasteiger partial charge in [-0.05, 0) is 31.5 Å². The van der Waals surface area contributed by atoms with Gasteiger partial charge in [0.1, 0.15) is 17.9 Å². The molecule has 0 saturated carbocycles. The van der Waals surface area contributed by atoms with Crippen LogP contribution in [-0.2, 0) is 0 Å². The second-order valence-electron chi connectivity index (χ2n) is 9.71. The van der Waals surface area contributed by atoms with Crippen molar-refractivity contribution < 1.29 is 17.9 Å². The molecule has 2 saturated heterocycles. The van der Waals surface area contributed by atoms with Crippen molar-refractivity contribution in [3.63, 3.8) is 0 Å². The van der Waals surface area contributed by atoms with Gasteiger partial charge in [-0.3, -0.25) is 4.90 Å². The zero-order chi connectivity index (χ0) is 27.1. The maximum absolute atomic E-state index is 16.4. The van der Waals surface area contributed by atoms with E-state index < -0.39 is 12.2 Å². The van der Waals surface area contributed by atoms with Crippen LogP contribution in [0.3, 0.4) is 0 Å². The lowest BCUT2D eigenvalue weighted by molar-refractivity contribution is 0.0684. The third-order valence-electron chi connectivity index (χ3n) is 7.24. The van der Waals surface area contributed by atoms with E-state index in [-0.39, 0.29) is 41.3 Å². The summed E-state index contributed by atoms with van der Waals surface area (Å²) in [6, 6.07) is 6.94. The van der Waals surface area contributed by atoms with Crippen LogP contribution in [0.25, 0.3) is 32.2 Å². The number of anilines is 2. The second kappa shape index (κ2) is 10.9. The number of piperazine rings is 1. The molecule has 2 aromatic carbocycles. The summed E-state index contributed by atoms with van der Waals surface area (Å²) in [6.07, 6.45) is -0.870. The molecule has 2 aliphatic heterocycles. The summed E-state index contributed by atoms with van der Waals surface area (Å²) in [5.74, 6) is -0.0868. The minimum atomic E-state index is -2.42. The second-order valence-corrected chi connectivity index (χ2v) is 11.2. The summed E-state index contributed by atoms with van der Waals surface area (Å²) in [5, 5.41) is 4.36. The number of halogens is 4. The zero-order valence-corrected chi connectivity index (χ0v) is 22.5. The number of nitrogens with zero attached hydrogens (tertiary/aromatic N) is 5. The van der Waals surface area contributed by atoms with E-state index in [4.69, 9.17) is 22.1 Å². The van der Waals surface area contributed by atoms with E-state index in [1.807, 2.05) is 17.0 Å². The molecule has 2 aromatic heterocycles. The molecule has 39 heavy (non-hydrogen) atoms. The highest BCUT2D eigenvalue weighted by atomic mass is 35.5. The third kappa shape index (κ3) is 5.18. The maximum Gasteiger partial charge on any atom is 0.319 e. The SMILES string of the molecule is Nc1nc2c(-c3c(Cl)cc4c(N5CCNCC5)nc(OCC5CCCN5CC(F)F)nc4c3F)cccc2s1. The Morgan fingerprint density at radius 3 is 2.77 bits per heavy atom. The number of alkyl halides is 2. The predicted octanol–water partition coefficient (Wildman–Crippen LogP) is 4.80. The zero-order valence-electron chi connectivity index (χ0n) is 21.0. The van der Waals surface area contributed by atoms with Crippen molar-refractivity contribution >= 4 is 55.0 Å². The molecule has 3 N–H and O–H groups in total. The number of fused-ring (bicyclic) bond motifs is 2. The van der Waals surface area contributed by atoms with Gasteiger partial charge < -0.3 is 20.7 Å². The van der Waals surface area contributed by atoms with Crippen molar-refractivity contribution in [2.45, 2.75) is 25.3 Å². The summed E-state index contributed by atoms with van der Waals surface area (Å²) >= 11 is 8.04. The fraction of sp³-hybridized carbons (Fsp3) is 0.423. The van der Waals surface area contributed by atoms with Crippen molar-refractivity contribution in [3.8, 4) is 17.1 Å². The van der Waals surface area contributed by atoms with Crippen LogP contribution in [0, 0.1) is 5.82 Å². The quantitative estimate of drug-likeness (QED) is 0.324. The van der Waals surface area contributed by atoms with E-state index in [1.54, 1.807) is 17.0 Å². The van der Waals surface area contributed by atoms with Crippen molar-refractivity contribution in [1.29, 1.82) is 0 Å². The number of ether oxygens (including phenoxy) is 1. The summed E-state index contributed by atoms with van der Waals surface area (Å²) < 4.78 is 49.3. The van der Waals surface area contributed by atoms with Crippen LogP contribution in [0.1, 0.15) is 12.8 Å². The van der Waals surface area contributed by atoms with Gasteiger partial charge >= 0.3 is 6.01 Å². The van der Waals surface area contributed by atoms with Crippen LogP contribution >= 0.6 is 22.9 Å². The molecule has 1 atom stereocenters. The number of hydrogen-bond donors (Lipinski definition) is 2. The number of nitrogens with two attached hydrogens (primary N) is 1. The molecule has 2 fully saturated rings. The van der Waals surface area contributed by atoms with Gasteiger partial charge in [0, 0.05) is 48.7 Å². The number of nitrogens with one attached hydrogen (secondary N) is 1. The topological polar surface area (TPSA) is 92.4 Å². The standard InChI is InChI=1S/C26H27ClF3N7OS/c27-17-11-16-23(21(30)20(17)15-4-1-5-18-22(15)33-25(31)39-18)34-26(35-24(16)36-9-6-32-7-10-36)38-13-14-3-2-8-37(14)12-19(28)29/h1,4-5,11,14,19,32H,2-3,6-10,12-13H2,(H2,31,33). The Morgan fingerprint density at radius 1 is 1.15 bits per heavy atom. The molecular weight excluding hydrogens is 551 g/mol. The number of benzene rings is 2. The molecule has 13 heteroatoms. The Kier molecular flexibility index (Phi) is 7.36. The fourth-order valence-corrected chi connectivity index (χ4v) is 6.48. The fourth-order valence-electron chi connectivity index (χ4n) is 5.43. The monoisotopic (exact) mass is 577 g/mol. The highest BCUT2D eigenvalue weighted by Gasteiger charge is 2.29. The minimum absolute atomic E-state index is 0.00298. The van der Waals surface area contributed by atoms with Gasteiger partial charge in [0.25, 0.3) is 6.43 Å². The normalized spacial score (nSPS) is 18.6. The Balaban J connectivity index is 1.44. The molecule has 4 aromatic rings. The van der Waals surface area contributed by atoms with Gasteiger partial charge in [-0.15, -0.1) is 0 Å². The number of hydrogen-bond acceptors (Lipinski definition) is 9. The van der Waals surface area contributed by atoms with Gasteiger partial charge in [0.2, 0.25) is 0 Å². The summed E-state index contributed by atoms with van der Waals surface area (Å²) in [4.78, 5) is 17.3. The smallest absolute Gasteiger partial charge is 0.319 e. The largest absolute Gasteiger partial charge is 0.462 e. The molecule has 4 heterocycles. The Morgan fingerprint density at radius 2 is 1.97 bits per heavy atom. The van der Waals surface area contributed by atoms with E-state index in [1.165, 1.54) is 11.3 Å². The molecule has 0 aliphatic carbocycles. The number of para-hydroxylation sites is 1. The van der Waals surface area contributed by atoms with Crippen LogP contribution in [0.5, 0.6) is 6.01 Å². The molecule has 6 rings (SSSR count). The average molecular weight is 578 g/mol. The first-order valence-electron chi connectivity index (χ1n) is 12.8. The van der Waals surface area contributed by atoms with Gasteiger partial charge in [-0.2, -0.15) is 9.97 Å². The average Bonchev–Trinajstić information content (AvgIpc) is 3.53. The lowest BCUT2D eigenvalue weighted by atomic mass is 10.0. The highest BCUT2D eigenvalue weighted by Crippen LogP contribution is 2.42. The van der Waals surface area contributed by atoms with Crippen molar-refractivity contribution in [2.75, 3.05) is 56.5 Å². The molecule has 0 bridgehead atoms. The molecule has 0 spiro atoms. The number of thiazole rings is 1. The van der Waals surface area contributed by atoms with Gasteiger partial charge in [-0.25, -0.2) is 18.2 Å². The minimum Gasteiger partial charge on any atom is -0.462 e. The van der Waals surface area contributed by atoms with E-state index >= 15 is 4.39 Å². The molecular formula is C26H27ClF3N7OS. The maximum atomic E-state index is 16.4. The van der Waals surface area contributed by atoms with Crippen LogP contribution in [-0.4, -0.2) is 78.2 Å². The van der Waals surface area contributed by atoms with E-state index in [0.29, 0.717) is 47.1 Å². The van der Waals surface area contributed by atoms with Gasteiger partial charge in [0.15, 0.2) is 10.9 Å². The number of rotatable bonds is 7. The van der Waals surface area contributed by atoms with Crippen molar-refractivity contribution in [2.24, 2.45) is 0 Å². The molecule has 0 amide bonds. The number of likely N-dealkylation sites (tertiary alicyclic amines) is 1. The highest BCUT2D eigenvalue weighted by molar-refractivity contribution is 7.22. The lowest BCUT2D eigenvalue weighted by Gasteiger charge is -2.30. The van der Waals surface area contributed by atoms with Gasteiger partial charge in [-0.1, -0.05) is 35.1 Å². The first-order valence-corrected chi connectivity index (χ1v) is 14.0. The number of aromatic nitrogens is 3. The summed E-state index contributed by atoms with van der Waals surface area (Å²) in [7, 11) is 0. The third-order valence-corrected chi connectivity index (χ3v) is 8.39. The molecule has 8 nitrogen and oxygen atoms in total. The first-order chi connectivity index (χ1) is 18.9. The van der Waals surface area contributed by atoms with E-state index in [0.717, 1.165) is 30.6 Å². The first kappa shape index (κ1) is 26.3.